The maximum atomic E-state index is 8.65. The molecule has 4 heteroatoms. The Morgan fingerprint density at radius 2 is 2.50 bits per heavy atom. The Bertz CT molecular complexity index is 386. The van der Waals surface area contributed by atoms with Gasteiger partial charge in [-0.1, -0.05) is 0 Å². The van der Waals surface area contributed by atoms with Gasteiger partial charge in [-0.05, 0) is 26.2 Å². The molecule has 1 aliphatic carbocycles. The Morgan fingerprint density at radius 1 is 1.71 bits per heavy atom. The van der Waals surface area contributed by atoms with Crippen LogP contribution < -0.4 is 5.73 Å². The van der Waals surface area contributed by atoms with Crippen LogP contribution >= 0.6 is 0 Å². The third-order valence-corrected chi connectivity index (χ3v) is 2.80. The van der Waals surface area contributed by atoms with Crippen molar-refractivity contribution < 1.29 is 0 Å². The van der Waals surface area contributed by atoms with Crippen molar-refractivity contribution >= 4 is 0 Å². The van der Waals surface area contributed by atoms with Gasteiger partial charge in [0.1, 0.15) is 6.54 Å². The zero-order valence-corrected chi connectivity index (χ0v) is 8.32. The molecule has 0 aliphatic heterocycles. The van der Waals surface area contributed by atoms with Crippen LogP contribution in [0.3, 0.4) is 0 Å². The summed E-state index contributed by atoms with van der Waals surface area (Å²) < 4.78 is 1.80. The van der Waals surface area contributed by atoms with Gasteiger partial charge in [-0.2, -0.15) is 10.4 Å². The molecule has 14 heavy (non-hydrogen) atoms. The first kappa shape index (κ1) is 9.22. The van der Waals surface area contributed by atoms with Crippen molar-refractivity contribution in [3.05, 3.63) is 17.0 Å². The van der Waals surface area contributed by atoms with E-state index in [0.717, 1.165) is 25.0 Å². The molecule has 0 radical (unpaired) electrons. The van der Waals surface area contributed by atoms with Crippen molar-refractivity contribution in [2.24, 2.45) is 5.73 Å². The van der Waals surface area contributed by atoms with Gasteiger partial charge in [-0.15, -0.1) is 0 Å². The maximum Gasteiger partial charge on any atom is 0.128 e. The zero-order chi connectivity index (χ0) is 10.1. The van der Waals surface area contributed by atoms with E-state index in [0.29, 0.717) is 6.54 Å². The number of aryl methyl sites for hydroxylation is 1. The Kier molecular flexibility index (Phi) is 2.26. The lowest BCUT2D eigenvalue weighted by molar-refractivity contribution is 0.541. The third kappa shape index (κ3) is 1.30. The molecule has 0 fully saturated rings. The summed E-state index contributed by atoms with van der Waals surface area (Å²) in [5, 5.41) is 13.0. The van der Waals surface area contributed by atoms with E-state index in [1.54, 1.807) is 4.68 Å². The highest BCUT2D eigenvalue weighted by molar-refractivity contribution is 5.31. The fourth-order valence-electron chi connectivity index (χ4n) is 2.22. The second-order valence-corrected chi connectivity index (χ2v) is 3.76. The van der Waals surface area contributed by atoms with Gasteiger partial charge in [-0.3, -0.25) is 4.68 Å². The average Bonchev–Trinajstić information content (AvgIpc) is 2.46. The van der Waals surface area contributed by atoms with Crippen molar-refractivity contribution in [3.63, 3.8) is 0 Å². The highest BCUT2D eigenvalue weighted by atomic mass is 15.3. The molecule has 1 aliphatic rings. The maximum absolute atomic E-state index is 8.65. The molecule has 4 nitrogen and oxygen atoms in total. The van der Waals surface area contributed by atoms with E-state index in [1.807, 2.05) is 6.92 Å². The molecule has 0 amide bonds. The van der Waals surface area contributed by atoms with Crippen LogP contribution in [-0.4, -0.2) is 9.78 Å². The molecule has 0 saturated carbocycles. The Balaban J connectivity index is 2.47. The van der Waals surface area contributed by atoms with Gasteiger partial charge in [0.2, 0.25) is 0 Å². The molecule has 2 rings (SSSR count). The van der Waals surface area contributed by atoms with Crippen LogP contribution in [0, 0.1) is 18.3 Å². The predicted molar refractivity (Wildman–Crippen MR) is 52.4 cm³/mol. The summed E-state index contributed by atoms with van der Waals surface area (Å²) in [4.78, 5) is 0. The summed E-state index contributed by atoms with van der Waals surface area (Å²) in [5.74, 6) is 0. The highest BCUT2D eigenvalue weighted by Crippen LogP contribution is 2.30. The number of hydrogen-bond acceptors (Lipinski definition) is 3. The van der Waals surface area contributed by atoms with Crippen LogP contribution in [0.25, 0.3) is 0 Å². The minimum absolute atomic E-state index is 0.117. The number of nitrogens with zero attached hydrogens (tertiary/aromatic N) is 3. The van der Waals surface area contributed by atoms with Crippen molar-refractivity contribution in [3.8, 4) is 6.07 Å². The number of nitriles is 1. The Hall–Kier alpha value is -1.34. The van der Waals surface area contributed by atoms with Gasteiger partial charge in [0.05, 0.1) is 11.8 Å². The summed E-state index contributed by atoms with van der Waals surface area (Å²) in [6.07, 6.45) is 3.14. The zero-order valence-electron chi connectivity index (χ0n) is 8.32. The number of hydrogen-bond donors (Lipinski definition) is 1. The molecule has 0 aromatic carbocycles. The minimum Gasteiger partial charge on any atom is -0.324 e. The van der Waals surface area contributed by atoms with Gasteiger partial charge >= 0.3 is 0 Å². The van der Waals surface area contributed by atoms with E-state index in [1.165, 1.54) is 11.3 Å². The number of aromatic nitrogens is 2. The number of rotatable bonds is 1. The lowest BCUT2D eigenvalue weighted by Gasteiger charge is -2.19. The van der Waals surface area contributed by atoms with Crippen molar-refractivity contribution in [1.29, 1.82) is 5.26 Å². The van der Waals surface area contributed by atoms with Gasteiger partial charge in [-0.25, -0.2) is 0 Å². The largest absolute Gasteiger partial charge is 0.324 e. The monoisotopic (exact) mass is 190 g/mol. The average molecular weight is 190 g/mol. The molecule has 0 spiro atoms. The van der Waals surface area contributed by atoms with Gasteiger partial charge < -0.3 is 5.73 Å². The minimum atomic E-state index is 0.117. The van der Waals surface area contributed by atoms with Crippen molar-refractivity contribution in [2.45, 2.75) is 38.8 Å². The fraction of sp³-hybridized carbons (Fsp3) is 0.600. The number of nitrogens with two attached hydrogens (primary N) is 1. The van der Waals surface area contributed by atoms with Crippen LogP contribution in [-0.2, 0) is 13.0 Å². The first-order chi connectivity index (χ1) is 6.74. The molecule has 0 bridgehead atoms. The molecule has 0 saturated heterocycles. The van der Waals surface area contributed by atoms with Crippen LogP contribution in [0.1, 0.15) is 35.8 Å². The van der Waals surface area contributed by atoms with Crippen molar-refractivity contribution in [1.82, 2.24) is 9.78 Å². The van der Waals surface area contributed by atoms with Crippen molar-refractivity contribution in [2.75, 3.05) is 0 Å². The fourth-order valence-corrected chi connectivity index (χ4v) is 2.22. The summed E-state index contributed by atoms with van der Waals surface area (Å²) in [5.41, 5.74) is 9.35. The molecule has 1 unspecified atom stereocenters. The quantitative estimate of drug-likeness (QED) is 0.719. The molecule has 1 aromatic rings. The van der Waals surface area contributed by atoms with E-state index < -0.39 is 0 Å². The lowest BCUT2D eigenvalue weighted by Crippen LogP contribution is -2.18. The normalized spacial score (nSPS) is 20.2. The van der Waals surface area contributed by atoms with Gasteiger partial charge in [0.15, 0.2) is 0 Å². The van der Waals surface area contributed by atoms with Crippen LogP contribution in [0.5, 0.6) is 0 Å². The molecule has 1 atom stereocenters. The molecular weight excluding hydrogens is 176 g/mol. The first-order valence-electron chi connectivity index (χ1n) is 4.92. The third-order valence-electron chi connectivity index (χ3n) is 2.80. The summed E-state index contributed by atoms with van der Waals surface area (Å²) in [7, 11) is 0. The summed E-state index contributed by atoms with van der Waals surface area (Å²) in [6, 6.07) is 2.24. The van der Waals surface area contributed by atoms with Crippen LogP contribution in [0.4, 0.5) is 0 Å². The topological polar surface area (TPSA) is 67.6 Å². The second kappa shape index (κ2) is 3.43. The van der Waals surface area contributed by atoms with E-state index in [-0.39, 0.29) is 6.04 Å². The lowest BCUT2D eigenvalue weighted by atomic mass is 9.92. The van der Waals surface area contributed by atoms with Crippen LogP contribution in [0.15, 0.2) is 0 Å². The summed E-state index contributed by atoms with van der Waals surface area (Å²) in [6.45, 7) is 2.31. The van der Waals surface area contributed by atoms with E-state index in [2.05, 4.69) is 11.2 Å². The molecule has 1 aromatic heterocycles. The molecule has 74 valence electrons. The Labute approximate surface area is 83.3 Å². The smallest absolute Gasteiger partial charge is 0.128 e. The van der Waals surface area contributed by atoms with E-state index in [4.69, 9.17) is 11.0 Å². The number of fused-ring (bicyclic) bond motifs is 1. The van der Waals surface area contributed by atoms with Gasteiger partial charge in [0, 0.05) is 17.3 Å². The van der Waals surface area contributed by atoms with Crippen LogP contribution in [0.2, 0.25) is 0 Å². The second-order valence-electron chi connectivity index (χ2n) is 3.76. The Morgan fingerprint density at radius 3 is 3.21 bits per heavy atom. The standard InChI is InChI=1S/C10H14N4/c1-7-10-8(12)3-2-4-9(10)14(13-7)6-5-11/h8H,2-4,6,12H2,1H3. The summed E-state index contributed by atoms with van der Waals surface area (Å²) >= 11 is 0. The SMILES string of the molecule is Cc1nn(CC#N)c2c1C(N)CCC2. The highest BCUT2D eigenvalue weighted by Gasteiger charge is 2.23. The van der Waals surface area contributed by atoms with E-state index in [9.17, 15) is 0 Å². The van der Waals surface area contributed by atoms with Gasteiger partial charge in [0.25, 0.3) is 0 Å². The molecule has 2 N–H and O–H groups in total. The molecule has 1 heterocycles. The predicted octanol–water partition coefficient (Wildman–Crippen LogP) is 1.05. The molecular formula is C10H14N4. The van der Waals surface area contributed by atoms with E-state index >= 15 is 0 Å². The first-order valence-corrected chi connectivity index (χ1v) is 4.92.